The summed E-state index contributed by atoms with van der Waals surface area (Å²) in [6, 6.07) is 10.2. The predicted octanol–water partition coefficient (Wildman–Crippen LogP) is 0.141. The topological polar surface area (TPSA) is 364 Å². The fourth-order valence-electron chi connectivity index (χ4n) is 7.95. The maximum atomic E-state index is 14.9. The van der Waals surface area contributed by atoms with Gasteiger partial charge in [0.25, 0.3) is 16.1 Å². The Balaban J connectivity index is 1.65. The first-order chi connectivity index (χ1) is 36.5. The standard InChI is InChI=1S/C50H67N11O13S3/c1-29(2)43(50(71)72)57-48(69)41-28-76-75-27-40(55-44(65)35(51)25-42(63)64)47(68)53-37(22-30-12-6-5-7-13-30)45(66)54-38(24-32-26-52-36-15-9-8-14-34(32)36)49(70)58-61(21-11-10-20-60(3)4)77(73,74)59-39(46(67)56-41)23-31-16-18-33(62)19-17-31/h5-9,12-19,26,29,35,37-41,43,52,59,62H,10-11,20-25,27-28,51H2,1-4H3,(H,53,68)(H,54,66)(H,55,65)(H,56,67)(H,57,69)(H,58,70)(H,63,64)(H,71,72)/t35-,37-,38-,39-,40-,41-,43-/m0/s1. The molecule has 7 atom stereocenters. The lowest BCUT2D eigenvalue weighted by Gasteiger charge is -2.30. The maximum Gasteiger partial charge on any atom is 0.326 e. The summed E-state index contributed by atoms with van der Waals surface area (Å²) in [6.07, 6.45) is 0.677. The number of nitrogens with two attached hydrogens (primary N) is 1. The summed E-state index contributed by atoms with van der Waals surface area (Å²) < 4.78 is 32.7. The lowest BCUT2D eigenvalue weighted by atomic mass is 10.0. The van der Waals surface area contributed by atoms with Crippen LogP contribution in [0, 0.1) is 5.92 Å². The quantitative estimate of drug-likeness (QED) is 0.0439. The highest BCUT2D eigenvalue weighted by Crippen LogP contribution is 2.25. The van der Waals surface area contributed by atoms with Crippen molar-refractivity contribution < 1.29 is 62.1 Å². The van der Waals surface area contributed by atoms with Gasteiger partial charge in [0.05, 0.1) is 12.5 Å². The third kappa shape index (κ3) is 19.0. The van der Waals surface area contributed by atoms with E-state index in [1.807, 2.05) is 19.0 Å². The number of para-hydroxylation sites is 1. The molecule has 1 aliphatic heterocycles. The summed E-state index contributed by atoms with van der Waals surface area (Å²) in [5.74, 6) is -10.2. The number of H-pyrrole nitrogens is 1. The summed E-state index contributed by atoms with van der Waals surface area (Å²) >= 11 is 0. The zero-order chi connectivity index (χ0) is 56.4. The van der Waals surface area contributed by atoms with Crippen LogP contribution in [0.25, 0.3) is 10.9 Å². The Bertz CT molecular complexity index is 2800. The van der Waals surface area contributed by atoms with Gasteiger partial charge < -0.3 is 57.5 Å². The number of carbonyl (C=O) groups excluding carboxylic acids is 6. The molecule has 24 nitrogen and oxygen atoms in total. The van der Waals surface area contributed by atoms with E-state index in [4.69, 9.17) is 5.73 Å². The number of fused-ring (bicyclic) bond motifs is 1. The van der Waals surface area contributed by atoms with Crippen LogP contribution in [0.4, 0.5) is 0 Å². The lowest BCUT2D eigenvalue weighted by molar-refractivity contribution is -0.143. The Kier molecular flexibility index (Phi) is 23.1. The highest BCUT2D eigenvalue weighted by atomic mass is 33.1. The number of unbranched alkanes of at least 4 members (excludes halogenated alkanes) is 1. The number of hydrogen-bond donors (Lipinski definition) is 12. The number of benzene rings is 3. The number of amides is 6. The second-order valence-electron chi connectivity index (χ2n) is 18.9. The van der Waals surface area contributed by atoms with Gasteiger partial charge in [-0.15, -0.1) is 4.41 Å². The van der Waals surface area contributed by atoms with Gasteiger partial charge >= 0.3 is 11.9 Å². The summed E-state index contributed by atoms with van der Waals surface area (Å²) in [5, 5.41) is 43.0. The van der Waals surface area contributed by atoms with Gasteiger partial charge in [0, 0.05) is 48.0 Å². The fourth-order valence-corrected chi connectivity index (χ4v) is 11.5. The van der Waals surface area contributed by atoms with Crippen LogP contribution in [0.3, 0.4) is 0 Å². The normalized spacial score (nSPS) is 21.2. The monoisotopic (exact) mass is 1130 g/mol. The van der Waals surface area contributed by atoms with Gasteiger partial charge in [-0.1, -0.05) is 96.1 Å². The molecule has 0 radical (unpaired) electrons. The molecule has 1 aliphatic rings. The molecular weight excluding hydrogens is 1060 g/mol. The molecule has 6 amide bonds. The van der Waals surface area contributed by atoms with Crippen molar-refractivity contribution in [3.05, 3.63) is 102 Å². The van der Waals surface area contributed by atoms with Gasteiger partial charge in [-0.3, -0.25) is 39.0 Å². The second-order valence-corrected chi connectivity index (χ2v) is 23.1. The first-order valence-electron chi connectivity index (χ1n) is 24.6. The summed E-state index contributed by atoms with van der Waals surface area (Å²) in [7, 11) is 0.464. The molecule has 27 heteroatoms. The van der Waals surface area contributed by atoms with Crippen molar-refractivity contribution >= 4 is 90.1 Å². The molecule has 0 saturated carbocycles. The van der Waals surface area contributed by atoms with Crippen molar-refractivity contribution in [2.45, 2.75) is 94.7 Å². The molecule has 0 unspecified atom stereocenters. The summed E-state index contributed by atoms with van der Waals surface area (Å²) in [6.45, 7) is 3.26. The van der Waals surface area contributed by atoms with E-state index in [-0.39, 0.29) is 49.5 Å². The first-order valence-corrected chi connectivity index (χ1v) is 28.5. The summed E-state index contributed by atoms with van der Waals surface area (Å²) in [5.41, 5.74) is 10.5. The van der Waals surface area contributed by atoms with E-state index in [1.165, 1.54) is 24.3 Å². The van der Waals surface area contributed by atoms with Crippen molar-refractivity contribution in [3.8, 4) is 5.75 Å². The zero-order valence-corrected chi connectivity index (χ0v) is 45.3. The molecule has 0 spiro atoms. The van der Waals surface area contributed by atoms with Gasteiger partial charge in [0.15, 0.2) is 0 Å². The molecule has 1 fully saturated rings. The molecule has 1 saturated heterocycles. The second kappa shape index (κ2) is 29.1. The van der Waals surface area contributed by atoms with Crippen molar-refractivity contribution in [1.82, 2.24) is 51.0 Å². The molecule has 4 aromatic rings. The molecule has 0 bridgehead atoms. The number of hydrazine groups is 1. The number of rotatable bonds is 19. The lowest BCUT2D eigenvalue weighted by Crippen LogP contribution is -2.62. The van der Waals surface area contributed by atoms with Gasteiger partial charge in [-0.25, -0.2) is 4.79 Å². The van der Waals surface area contributed by atoms with Crippen molar-refractivity contribution in [1.29, 1.82) is 0 Å². The number of aromatic amines is 1. The number of aliphatic carboxylic acids is 2. The Morgan fingerprint density at radius 1 is 0.779 bits per heavy atom. The maximum absolute atomic E-state index is 14.9. The van der Waals surface area contributed by atoms with E-state index < -0.39 is 112 Å². The van der Waals surface area contributed by atoms with E-state index in [9.17, 15) is 62.1 Å². The van der Waals surface area contributed by atoms with Crippen molar-refractivity contribution in [2.75, 3.05) is 38.7 Å². The third-order valence-electron chi connectivity index (χ3n) is 12.2. The number of aromatic nitrogens is 1. The number of carbonyl (C=O) groups is 8. The van der Waals surface area contributed by atoms with E-state index in [0.717, 1.165) is 21.6 Å². The molecule has 13 N–H and O–H groups in total. The van der Waals surface area contributed by atoms with Crippen LogP contribution in [0.1, 0.15) is 49.8 Å². The van der Waals surface area contributed by atoms with E-state index >= 15 is 0 Å². The number of hydrogen-bond acceptors (Lipinski definition) is 15. The van der Waals surface area contributed by atoms with Gasteiger partial charge in [-0.05, 0) is 80.7 Å². The number of phenols is 1. The smallest absolute Gasteiger partial charge is 0.326 e. The largest absolute Gasteiger partial charge is 0.508 e. The highest BCUT2D eigenvalue weighted by Gasteiger charge is 2.37. The molecule has 1 aromatic heterocycles. The Morgan fingerprint density at radius 2 is 1.39 bits per heavy atom. The van der Waals surface area contributed by atoms with Gasteiger partial charge in [0.1, 0.15) is 42.0 Å². The molecule has 418 valence electrons. The molecule has 0 aliphatic carbocycles. The predicted molar refractivity (Wildman–Crippen MR) is 290 cm³/mol. The van der Waals surface area contributed by atoms with Crippen LogP contribution in [-0.4, -0.2) is 166 Å². The number of aromatic hydroxyl groups is 1. The Labute approximate surface area is 453 Å². The molecule has 3 aromatic carbocycles. The van der Waals surface area contributed by atoms with E-state index in [1.54, 1.807) is 74.6 Å². The number of nitrogens with zero attached hydrogens (tertiary/aromatic N) is 2. The van der Waals surface area contributed by atoms with Crippen LogP contribution in [0.15, 0.2) is 85.1 Å². The van der Waals surface area contributed by atoms with Gasteiger partial charge in [0.2, 0.25) is 29.5 Å². The van der Waals surface area contributed by atoms with Crippen LogP contribution in [-0.2, 0) is 67.8 Å². The molecule has 5 rings (SSSR count). The van der Waals surface area contributed by atoms with Crippen LogP contribution in [0.5, 0.6) is 5.75 Å². The van der Waals surface area contributed by atoms with Crippen LogP contribution in [0.2, 0.25) is 0 Å². The minimum Gasteiger partial charge on any atom is -0.508 e. The van der Waals surface area contributed by atoms with E-state index in [2.05, 4.69) is 41.7 Å². The van der Waals surface area contributed by atoms with Gasteiger partial charge in [-0.2, -0.15) is 13.1 Å². The first kappa shape index (κ1) is 61.1. The Hall–Kier alpha value is -6.75. The minimum absolute atomic E-state index is 0.130. The molecule has 2 heterocycles. The van der Waals surface area contributed by atoms with Crippen molar-refractivity contribution in [2.24, 2.45) is 11.7 Å². The average molecular weight is 1130 g/mol. The SMILES string of the molecule is CC(C)[C@H](NC(=O)[C@@H]1CSSC[C@H](NC(=O)[C@@H](N)CC(=O)O)C(=O)N[C@@H](Cc2ccccc2)C(=O)N[C@@H](Cc2c[nH]c3ccccc23)C(=O)NN(CCCCN(C)C)S(=O)(=O)N[C@@H](Cc2ccc(O)cc2)C(=O)N1)C(=O)O. The minimum atomic E-state index is -4.97. The summed E-state index contributed by atoms with van der Waals surface area (Å²) in [4.78, 5) is 115. The number of nitrogens with one attached hydrogen (secondary N) is 8. The third-order valence-corrected chi connectivity index (χ3v) is 16.0. The van der Waals surface area contributed by atoms with Crippen LogP contribution >= 0.6 is 21.6 Å². The molecular formula is C50H67N11O13S3. The fraction of sp³-hybridized carbons (Fsp3) is 0.440. The molecule has 77 heavy (non-hydrogen) atoms. The zero-order valence-electron chi connectivity index (χ0n) is 42.9. The van der Waals surface area contributed by atoms with Crippen LogP contribution < -0.4 is 42.5 Å². The van der Waals surface area contributed by atoms with Crippen molar-refractivity contribution in [3.63, 3.8) is 0 Å². The average Bonchev–Trinajstić information content (AvgIpc) is 3.79. The number of carboxylic acids is 2. The number of phenolic OH excluding ortho intramolecular Hbond substituents is 1. The Morgan fingerprint density at radius 3 is 2.05 bits per heavy atom. The number of carboxylic acid groups (broad SMARTS) is 2. The van der Waals surface area contributed by atoms with E-state index in [0.29, 0.717) is 45.0 Å². The highest BCUT2D eigenvalue weighted by molar-refractivity contribution is 8.76.